The van der Waals surface area contributed by atoms with Gasteiger partial charge in [-0.2, -0.15) is 0 Å². The quantitative estimate of drug-likeness (QED) is 0.755. The van der Waals surface area contributed by atoms with Crippen LogP contribution in [0.5, 0.6) is 0 Å². The molecule has 0 spiro atoms. The highest BCUT2D eigenvalue weighted by Crippen LogP contribution is 2.30. The van der Waals surface area contributed by atoms with Crippen LogP contribution >= 0.6 is 11.6 Å². The van der Waals surface area contributed by atoms with Crippen LogP contribution in [0.4, 0.5) is 17.3 Å². The van der Waals surface area contributed by atoms with Crippen molar-refractivity contribution in [2.75, 3.05) is 11.1 Å². The number of rotatable bonds is 2. The molecule has 0 aliphatic heterocycles. The number of aromatic nitrogens is 3. The number of pyridine rings is 1. The molecule has 0 atom stereocenters. The maximum absolute atomic E-state index is 6.18. The Balaban J connectivity index is 2.12. The summed E-state index contributed by atoms with van der Waals surface area (Å²) in [5.74, 6) is 1.11. The van der Waals surface area contributed by atoms with Gasteiger partial charge in [-0.05, 0) is 31.2 Å². The molecule has 3 N–H and O–H groups in total. The first-order valence-corrected chi connectivity index (χ1v) is 6.42. The fraction of sp³-hybridized carbons (Fsp3) is 0.0714. The van der Waals surface area contributed by atoms with Crippen molar-refractivity contribution >= 4 is 39.8 Å². The Morgan fingerprint density at radius 2 is 2.00 bits per heavy atom. The molecule has 0 aliphatic carbocycles. The summed E-state index contributed by atoms with van der Waals surface area (Å²) in [6, 6.07) is 7.48. The van der Waals surface area contributed by atoms with Gasteiger partial charge in [0.25, 0.3) is 0 Å². The van der Waals surface area contributed by atoms with E-state index < -0.39 is 0 Å². The van der Waals surface area contributed by atoms with E-state index in [0.29, 0.717) is 16.7 Å². The van der Waals surface area contributed by atoms with E-state index in [0.717, 1.165) is 22.2 Å². The van der Waals surface area contributed by atoms with Crippen molar-refractivity contribution in [1.82, 2.24) is 15.0 Å². The van der Waals surface area contributed by atoms with Crippen LogP contribution < -0.4 is 11.1 Å². The van der Waals surface area contributed by atoms with Crippen molar-refractivity contribution < 1.29 is 0 Å². The molecule has 0 aliphatic rings. The van der Waals surface area contributed by atoms with Gasteiger partial charge in [0.15, 0.2) is 0 Å². The standard InChI is InChI=1S/C14H12ClN5/c1-8-13(16)18-7-19-14(8)20-11-5-4-10(15)9-3-2-6-17-12(9)11/h2-7H,1H3,(H3,16,18,19,20). The molecule has 3 rings (SSSR count). The molecule has 0 saturated heterocycles. The van der Waals surface area contributed by atoms with E-state index in [1.165, 1.54) is 6.33 Å². The van der Waals surface area contributed by atoms with E-state index in [1.54, 1.807) is 6.20 Å². The van der Waals surface area contributed by atoms with Gasteiger partial charge in [-0.1, -0.05) is 11.6 Å². The summed E-state index contributed by atoms with van der Waals surface area (Å²) in [6.45, 7) is 1.86. The zero-order chi connectivity index (χ0) is 14.1. The molecule has 0 saturated carbocycles. The fourth-order valence-electron chi connectivity index (χ4n) is 1.96. The molecule has 0 radical (unpaired) electrons. The summed E-state index contributed by atoms with van der Waals surface area (Å²) in [6.07, 6.45) is 3.15. The van der Waals surface area contributed by atoms with Crippen molar-refractivity contribution in [3.8, 4) is 0 Å². The summed E-state index contributed by atoms with van der Waals surface area (Å²) in [7, 11) is 0. The van der Waals surface area contributed by atoms with Crippen LogP contribution in [0.25, 0.3) is 10.9 Å². The lowest BCUT2D eigenvalue weighted by Crippen LogP contribution is -2.02. The molecule has 1 aromatic carbocycles. The second-order valence-corrected chi connectivity index (χ2v) is 4.76. The number of hydrogen-bond donors (Lipinski definition) is 2. The Bertz CT molecular complexity index is 788. The monoisotopic (exact) mass is 285 g/mol. The molecular formula is C14H12ClN5. The van der Waals surface area contributed by atoms with Gasteiger partial charge in [-0.15, -0.1) is 0 Å². The summed E-state index contributed by atoms with van der Waals surface area (Å²) in [5, 5.41) is 4.78. The Kier molecular flexibility index (Phi) is 3.12. The van der Waals surface area contributed by atoms with Gasteiger partial charge >= 0.3 is 0 Å². The zero-order valence-electron chi connectivity index (χ0n) is 10.8. The second kappa shape index (κ2) is 4.94. The van der Waals surface area contributed by atoms with Gasteiger partial charge in [0.1, 0.15) is 18.0 Å². The van der Waals surface area contributed by atoms with Gasteiger partial charge in [0.05, 0.1) is 16.2 Å². The number of nitrogen functional groups attached to an aromatic ring is 1. The number of nitrogens with one attached hydrogen (secondary N) is 1. The highest BCUT2D eigenvalue weighted by Gasteiger charge is 2.09. The third-order valence-corrected chi connectivity index (χ3v) is 3.42. The predicted molar refractivity (Wildman–Crippen MR) is 81.2 cm³/mol. The van der Waals surface area contributed by atoms with E-state index >= 15 is 0 Å². The van der Waals surface area contributed by atoms with E-state index in [2.05, 4.69) is 20.3 Å². The third kappa shape index (κ3) is 2.12. The number of hydrogen-bond acceptors (Lipinski definition) is 5. The molecular weight excluding hydrogens is 274 g/mol. The van der Waals surface area contributed by atoms with Crippen LogP contribution in [-0.2, 0) is 0 Å². The number of halogens is 1. The average Bonchev–Trinajstić information content (AvgIpc) is 2.47. The van der Waals surface area contributed by atoms with Gasteiger partial charge in [-0.3, -0.25) is 4.98 Å². The average molecular weight is 286 g/mol. The molecule has 0 fully saturated rings. The van der Waals surface area contributed by atoms with Crippen LogP contribution in [0.3, 0.4) is 0 Å². The molecule has 2 aromatic heterocycles. The molecule has 20 heavy (non-hydrogen) atoms. The molecule has 3 aromatic rings. The summed E-state index contributed by atoms with van der Waals surface area (Å²) < 4.78 is 0. The molecule has 6 heteroatoms. The van der Waals surface area contributed by atoms with Crippen LogP contribution in [0.1, 0.15) is 5.56 Å². The normalized spacial score (nSPS) is 10.7. The van der Waals surface area contributed by atoms with Crippen molar-refractivity contribution in [1.29, 1.82) is 0 Å². The maximum Gasteiger partial charge on any atom is 0.138 e. The molecule has 0 amide bonds. The molecule has 0 bridgehead atoms. The fourth-order valence-corrected chi connectivity index (χ4v) is 2.17. The van der Waals surface area contributed by atoms with Crippen LogP contribution in [-0.4, -0.2) is 15.0 Å². The number of fused-ring (bicyclic) bond motifs is 1. The van der Waals surface area contributed by atoms with E-state index in [1.807, 2.05) is 31.2 Å². The molecule has 0 unspecified atom stereocenters. The van der Waals surface area contributed by atoms with Gasteiger partial charge in [0, 0.05) is 17.1 Å². The van der Waals surface area contributed by atoms with Crippen molar-refractivity contribution in [2.24, 2.45) is 0 Å². The minimum absolute atomic E-state index is 0.453. The summed E-state index contributed by atoms with van der Waals surface area (Å²) >= 11 is 6.18. The number of benzene rings is 1. The molecule has 100 valence electrons. The van der Waals surface area contributed by atoms with Crippen molar-refractivity contribution in [3.63, 3.8) is 0 Å². The Labute approximate surface area is 120 Å². The number of nitrogens with zero attached hydrogens (tertiary/aromatic N) is 3. The summed E-state index contributed by atoms with van der Waals surface area (Å²) in [4.78, 5) is 12.5. The topological polar surface area (TPSA) is 76.7 Å². The first-order chi connectivity index (χ1) is 9.66. The lowest BCUT2D eigenvalue weighted by atomic mass is 10.2. The third-order valence-electron chi connectivity index (χ3n) is 3.09. The lowest BCUT2D eigenvalue weighted by Gasteiger charge is -2.11. The minimum Gasteiger partial charge on any atom is -0.383 e. The SMILES string of the molecule is Cc1c(N)ncnc1Nc1ccc(Cl)c2cccnc12. The Morgan fingerprint density at radius 3 is 2.85 bits per heavy atom. The first-order valence-electron chi connectivity index (χ1n) is 6.04. The lowest BCUT2D eigenvalue weighted by molar-refractivity contribution is 1.14. The van der Waals surface area contributed by atoms with Gasteiger partial charge in [0.2, 0.25) is 0 Å². The Morgan fingerprint density at radius 1 is 1.15 bits per heavy atom. The number of nitrogens with two attached hydrogens (primary N) is 1. The zero-order valence-corrected chi connectivity index (χ0v) is 11.5. The van der Waals surface area contributed by atoms with Gasteiger partial charge in [-0.25, -0.2) is 9.97 Å². The molecule has 2 heterocycles. The van der Waals surface area contributed by atoms with Crippen LogP contribution in [0, 0.1) is 6.92 Å². The second-order valence-electron chi connectivity index (χ2n) is 4.35. The largest absolute Gasteiger partial charge is 0.383 e. The first kappa shape index (κ1) is 12.6. The van der Waals surface area contributed by atoms with Gasteiger partial charge < -0.3 is 11.1 Å². The van der Waals surface area contributed by atoms with E-state index in [4.69, 9.17) is 17.3 Å². The summed E-state index contributed by atoms with van der Waals surface area (Å²) in [5.41, 5.74) is 8.19. The van der Waals surface area contributed by atoms with Crippen molar-refractivity contribution in [2.45, 2.75) is 6.92 Å². The van der Waals surface area contributed by atoms with Crippen molar-refractivity contribution in [3.05, 3.63) is 47.4 Å². The van der Waals surface area contributed by atoms with E-state index in [-0.39, 0.29) is 0 Å². The predicted octanol–water partition coefficient (Wildman–Crippen LogP) is 3.31. The molecule has 5 nitrogen and oxygen atoms in total. The minimum atomic E-state index is 0.453. The number of anilines is 3. The van der Waals surface area contributed by atoms with Crippen LogP contribution in [0.2, 0.25) is 5.02 Å². The highest BCUT2D eigenvalue weighted by atomic mass is 35.5. The smallest absolute Gasteiger partial charge is 0.138 e. The maximum atomic E-state index is 6.18. The van der Waals surface area contributed by atoms with Crippen LogP contribution in [0.15, 0.2) is 36.8 Å². The Hall–Kier alpha value is -2.40. The highest BCUT2D eigenvalue weighted by molar-refractivity contribution is 6.35. The van der Waals surface area contributed by atoms with E-state index in [9.17, 15) is 0 Å².